The number of hydrogen-bond donors (Lipinski definition) is 2. The maximum atomic E-state index is 13.2. The lowest BCUT2D eigenvalue weighted by Crippen LogP contribution is -2.03. The molecule has 0 aliphatic carbocycles. The van der Waals surface area contributed by atoms with Gasteiger partial charge in [0, 0.05) is 22.9 Å². The lowest BCUT2D eigenvalue weighted by Gasteiger charge is -2.11. The van der Waals surface area contributed by atoms with Gasteiger partial charge in [0.1, 0.15) is 12.1 Å². The summed E-state index contributed by atoms with van der Waals surface area (Å²) in [4.78, 5) is 9.94. The number of allylic oxidation sites excluding steroid dienone is 1. The first-order chi connectivity index (χ1) is 14.1. The highest BCUT2D eigenvalue weighted by Gasteiger charge is 2.13. The minimum Gasteiger partial charge on any atom is -0.398 e. The molecule has 7 heteroatoms. The third kappa shape index (κ3) is 3.79. The molecule has 144 valence electrons. The first-order valence-corrected chi connectivity index (χ1v) is 10.8. The minimum absolute atomic E-state index is 0.328. The fourth-order valence-electron chi connectivity index (χ4n) is 3.08. The van der Waals surface area contributed by atoms with Gasteiger partial charge in [-0.2, -0.15) is 0 Å². The van der Waals surface area contributed by atoms with E-state index in [-0.39, 0.29) is 5.82 Å². The van der Waals surface area contributed by atoms with Gasteiger partial charge in [0.15, 0.2) is 0 Å². The monoisotopic (exact) mass is 420 g/mol. The minimum atomic E-state index is -0.328. The molecule has 4 rings (SSSR count). The van der Waals surface area contributed by atoms with E-state index < -0.39 is 0 Å². The van der Waals surface area contributed by atoms with Crippen LogP contribution in [0.4, 0.5) is 4.39 Å². The van der Waals surface area contributed by atoms with E-state index in [9.17, 15) is 4.39 Å². The van der Waals surface area contributed by atoms with Gasteiger partial charge in [-0.15, -0.1) is 23.1 Å². The molecule has 2 aromatic carbocycles. The fraction of sp³-hybridized carbons (Fsp3) is 0.0455. The number of thiophene rings is 1. The molecule has 0 aliphatic rings. The smallest absolute Gasteiger partial charge is 0.123 e. The second kappa shape index (κ2) is 8.14. The van der Waals surface area contributed by atoms with Gasteiger partial charge < -0.3 is 11.1 Å². The zero-order chi connectivity index (χ0) is 20.4. The Bertz CT molecular complexity index is 1230. The third-order valence-corrected chi connectivity index (χ3v) is 6.73. The summed E-state index contributed by atoms with van der Waals surface area (Å²) in [5.41, 5.74) is 10.4. The number of nitrogens with two attached hydrogens (primary N) is 1. The molecule has 3 N–H and O–H groups in total. The number of rotatable bonds is 5. The number of thioether (sulfide) groups is 1. The molecule has 0 unspecified atom stereocenters. The quantitative estimate of drug-likeness (QED) is 0.247. The molecule has 0 spiro atoms. The van der Waals surface area contributed by atoms with Crippen LogP contribution in [0.5, 0.6) is 0 Å². The Balaban J connectivity index is 1.87. The average Bonchev–Trinajstić information content (AvgIpc) is 3.23. The summed E-state index contributed by atoms with van der Waals surface area (Å²) < 4.78 is 14.5. The lowest BCUT2D eigenvalue weighted by molar-refractivity contribution is 0.627. The molecule has 0 atom stereocenters. The Morgan fingerprint density at radius 1 is 1.07 bits per heavy atom. The van der Waals surface area contributed by atoms with Gasteiger partial charge in [-0.3, -0.25) is 0 Å². The molecule has 0 saturated carbocycles. The van der Waals surface area contributed by atoms with Crippen LogP contribution in [0, 0.1) is 11.2 Å². The molecule has 0 saturated heterocycles. The molecular weight excluding hydrogens is 403 g/mol. The predicted octanol–water partition coefficient (Wildman–Crippen LogP) is 5.70. The maximum Gasteiger partial charge on any atom is 0.123 e. The van der Waals surface area contributed by atoms with Crippen LogP contribution >= 0.6 is 23.1 Å². The maximum absolute atomic E-state index is 13.2. The number of halogens is 1. The molecular formula is C22H17FN4S2. The van der Waals surface area contributed by atoms with Gasteiger partial charge in [-0.05, 0) is 65.9 Å². The van der Waals surface area contributed by atoms with Crippen molar-refractivity contribution in [2.75, 3.05) is 6.26 Å². The highest BCUT2D eigenvalue weighted by molar-refractivity contribution is 8.00. The molecule has 4 nitrogen and oxygen atoms in total. The summed E-state index contributed by atoms with van der Waals surface area (Å²) in [5.74, 6) is -0.328. The van der Waals surface area contributed by atoms with Gasteiger partial charge in [0.25, 0.3) is 0 Å². The Labute approximate surface area is 175 Å². The number of nitrogens with zero attached hydrogens (tertiary/aromatic N) is 2. The summed E-state index contributed by atoms with van der Waals surface area (Å²) in [7, 11) is 0. The van der Waals surface area contributed by atoms with Gasteiger partial charge in [0.2, 0.25) is 0 Å². The largest absolute Gasteiger partial charge is 0.398 e. The van der Waals surface area contributed by atoms with Crippen LogP contribution in [-0.2, 0) is 0 Å². The van der Waals surface area contributed by atoms with Crippen LogP contribution in [-0.4, -0.2) is 22.4 Å². The van der Waals surface area contributed by atoms with Gasteiger partial charge in [0.05, 0.1) is 20.3 Å². The van der Waals surface area contributed by atoms with E-state index in [4.69, 9.17) is 11.1 Å². The average molecular weight is 421 g/mol. The Morgan fingerprint density at radius 2 is 1.83 bits per heavy atom. The Morgan fingerprint density at radius 3 is 2.52 bits per heavy atom. The second-order valence-corrected chi connectivity index (χ2v) is 8.45. The van der Waals surface area contributed by atoms with Crippen molar-refractivity contribution in [1.82, 2.24) is 9.97 Å². The highest BCUT2D eigenvalue weighted by Crippen LogP contribution is 2.36. The topological polar surface area (TPSA) is 75.7 Å². The van der Waals surface area contributed by atoms with Gasteiger partial charge >= 0.3 is 0 Å². The molecule has 2 heterocycles. The van der Waals surface area contributed by atoms with E-state index in [1.807, 2.05) is 24.5 Å². The van der Waals surface area contributed by atoms with E-state index >= 15 is 0 Å². The molecule has 0 fully saturated rings. The number of aromatic nitrogens is 2. The summed E-state index contributed by atoms with van der Waals surface area (Å²) in [6.07, 6.45) is 4.83. The molecule has 0 bridgehead atoms. The van der Waals surface area contributed by atoms with Crippen molar-refractivity contribution < 1.29 is 4.39 Å². The van der Waals surface area contributed by atoms with Crippen LogP contribution < -0.4 is 5.73 Å². The Kier molecular flexibility index (Phi) is 5.42. The zero-order valence-electron chi connectivity index (χ0n) is 15.5. The van der Waals surface area contributed by atoms with E-state index in [2.05, 4.69) is 22.1 Å². The summed E-state index contributed by atoms with van der Waals surface area (Å²) >= 11 is 3.38. The molecule has 29 heavy (non-hydrogen) atoms. The van der Waals surface area contributed by atoms with Crippen molar-refractivity contribution in [3.05, 3.63) is 77.9 Å². The first-order valence-electron chi connectivity index (χ1n) is 8.76. The van der Waals surface area contributed by atoms with Crippen molar-refractivity contribution in [2.24, 2.45) is 5.73 Å². The highest BCUT2D eigenvalue weighted by atomic mass is 32.2. The lowest BCUT2D eigenvalue weighted by atomic mass is 9.98. The fourth-order valence-corrected chi connectivity index (χ4v) is 4.63. The third-order valence-electron chi connectivity index (χ3n) is 4.55. The van der Waals surface area contributed by atoms with Crippen molar-refractivity contribution in [1.29, 1.82) is 5.41 Å². The van der Waals surface area contributed by atoms with Crippen LogP contribution in [0.25, 0.3) is 32.7 Å². The van der Waals surface area contributed by atoms with E-state index in [0.29, 0.717) is 16.8 Å². The predicted molar refractivity (Wildman–Crippen MR) is 121 cm³/mol. The summed E-state index contributed by atoms with van der Waals surface area (Å²) in [6.45, 7) is 0. The zero-order valence-corrected chi connectivity index (χ0v) is 17.2. The molecule has 0 aliphatic heterocycles. The SMILES string of the molecule is CSc1ccc(-c2ncnc3ccc(C(C=N)=C(N)c4ccc(F)cc4)cc23)s1. The van der Waals surface area contributed by atoms with Crippen molar-refractivity contribution in [3.63, 3.8) is 0 Å². The number of fused-ring (bicyclic) bond motifs is 1. The van der Waals surface area contributed by atoms with Crippen LogP contribution in [0.3, 0.4) is 0 Å². The van der Waals surface area contributed by atoms with Crippen LogP contribution in [0.15, 0.2) is 65.1 Å². The summed E-state index contributed by atoms with van der Waals surface area (Å²) in [5, 5.41) is 8.80. The van der Waals surface area contributed by atoms with Crippen molar-refractivity contribution in [2.45, 2.75) is 4.21 Å². The van der Waals surface area contributed by atoms with Crippen LogP contribution in [0.1, 0.15) is 11.1 Å². The number of hydrogen-bond acceptors (Lipinski definition) is 6. The molecule has 2 aromatic heterocycles. The van der Waals surface area contributed by atoms with Gasteiger partial charge in [-0.1, -0.05) is 6.07 Å². The molecule has 0 radical (unpaired) electrons. The Hall–Kier alpha value is -3.03. The van der Waals surface area contributed by atoms with E-state index in [0.717, 1.165) is 27.0 Å². The number of benzene rings is 2. The van der Waals surface area contributed by atoms with E-state index in [1.54, 1.807) is 41.6 Å². The van der Waals surface area contributed by atoms with Crippen LogP contribution in [0.2, 0.25) is 0 Å². The van der Waals surface area contributed by atoms with E-state index in [1.165, 1.54) is 22.6 Å². The first kappa shape index (κ1) is 19.3. The standard InChI is InChI=1S/C22H17FN4S2/c1-28-20-9-8-19(29-20)22-16-10-14(4-7-18(16)26-12-27-22)17(11-24)21(25)13-2-5-15(23)6-3-13/h2-12,24H,25H2,1H3. The molecule has 4 aromatic rings. The van der Waals surface area contributed by atoms with Crippen molar-refractivity contribution in [3.8, 4) is 10.6 Å². The van der Waals surface area contributed by atoms with Gasteiger partial charge in [-0.25, -0.2) is 14.4 Å². The summed E-state index contributed by atoms with van der Waals surface area (Å²) in [6, 6.07) is 15.8. The molecule has 0 amide bonds. The second-order valence-electron chi connectivity index (χ2n) is 6.26. The van der Waals surface area contributed by atoms with Crippen molar-refractivity contribution >= 4 is 51.5 Å². The normalized spacial score (nSPS) is 12.1. The number of nitrogens with one attached hydrogen (secondary N) is 1.